The Morgan fingerprint density at radius 1 is 1.16 bits per heavy atom. The van der Waals surface area contributed by atoms with E-state index in [1.54, 1.807) is 21.9 Å². The summed E-state index contributed by atoms with van der Waals surface area (Å²) >= 11 is 4.09. The Hall–Kier alpha value is -0.410. The zero-order valence-corrected chi connectivity index (χ0v) is 12.8. The van der Waals surface area contributed by atoms with E-state index < -0.39 is 0 Å². The fraction of sp³-hybridized carbons (Fsp3) is 0.500. The van der Waals surface area contributed by atoms with E-state index in [-0.39, 0.29) is 5.82 Å². The Kier molecular flexibility index (Phi) is 4.23. The first kappa shape index (κ1) is 13.6. The van der Waals surface area contributed by atoms with E-state index >= 15 is 0 Å². The van der Waals surface area contributed by atoms with Gasteiger partial charge >= 0.3 is 0 Å². The quantitative estimate of drug-likeness (QED) is 0.730. The highest BCUT2D eigenvalue weighted by Gasteiger charge is 2.36. The number of benzene rings is 1. The third-order valence-corrected chi connectivity index (χ3v) is 6.73. The smallest absolute Gasteiger partial charge is 0.123 e. The fourth-order valence-electron chi connectivity index (χ4n) is 3.19. The van der Waals surface area contributed by atoms with Crippen LogP contribution >= 0.6 is 23.5 Å². The molecular weight excluding hydrogens is 275 g/mol. The van der Waals surface area contributed by atoms with Crippen LogP contribution in [0.5, 0.6) is 0 Å². The number of hydrogen-bond acceptors (Lipinski definition) is 2. The molecule has 0 nitrogen and oxygen atoms in total. The van der Waals surface area contributed by atoms with Crippen LogP contribution in [0.1, 0.15) is 37.7 Å². The fourth-order valence-corrected chi connectivity index (χ4v) is 6.03. The van der Waals surface area contributed by atoms with Gasteiger partial charge in [-0.05, 0) is 41.4 Å². The van der Waals surface area contributed by atoms with Crippen molar-refractivity contribution in [2.75, 3.05) is 11.5 Å². The molecule has 2 aliphatic rings. The van der Waals surface area contributed by atoms with Gasteiger partial charge in [-0.25, -0.2) is 4.39 Å². The Bertz CT molecular complexity index is 478. The average Bonchev–Trinajstić information content (AvgIpc) is 2.78. The predicted octanol–water partition coefficient (Wildman–Crippen LogP) is 5.42. The molecule has 0 aromatic heterocycles. The molecule has 19 heavy (non-hydrogen) atoms. The van der Waals surface area contributed by atoms with E-state index in [1.807, 2.05) is 35.7 Å². The van der Waals surface area contributed by atoms with Gasteiger partial charge in [0.25, 0.3) is 0 Å². The zero-order chi connectivity index (χ0) is 13.2. The van der Waals surface area contributed by atoms with Crippen molar-refractivity contribution in [2.45, 2.75) is 32.1 Å². The number of halogens is 1. The molecule has 0 bridgehead atoms. The first-order valence-electron chi connectivity index (χ1n) is 7.03. The largest absolute Gasteiger partial charge is 0.207 e. The average molecular weight is 294 g/mol. The third-order valence-electron chi connectivity index (χ3n) is 3.98. The van der Waals surface area contributed by atoms with Crippen molar-refractivity contribution in [2.24, 2.45) is 5.92 Å². The first-order valence-corrected chi connectivity index (χ1v) is 9.00. The molecule has 1 aromatic rings. The van der Waals surface area contributed by atoms with Crippen molar-refractivity contribution in [3.8, 4) is 0 Å². The molecule has 0 spiro atoms. The highest BCUT2D eigenvalue weighted by atomic mass is 32.2. The van der Waals surface area contributed by atoms with Crippen LogP contribution < -0.4 is 0 Å². The highest BCUT2D eigenvalue weighted by Crippen LogP contribution is 2.55. The van der Waals surface area contributed by atoms with Crippen LogP contribution in [0.25, 0.3) is 0 Å². The lowest BCUT2D eigenvalue weighted by Gasteiger charge is -2.23. The summed E-state index contributed by atoms with van der Waals surface area (Å²) in [5.74, 6) is 3.58. The molecule has 0 radical (unpaired) electrons. The van der Waals surface area contributed by atoms with E-state index in [1.165, 1.54) is 36.3 Å². The van der Waals surface area contributed by atoms with Gasteiger partial charge in [0.2, 0.25) is 0 Å². The van der Waals surface area contributed by atoms with E-state index in [2.05, 4.69) is 6.92 Å². The van der Waals surface area contributed by atoms with Gasteiger partial charge in [-0.1, -0.05) is 25.5 Å². The van der Waals surface area contributed by atoms with Crippen LogP contribution in [0.4, 0.5) is 4.39 Å². The van der Waals surface area contributed by atoms with Crippen molar-refractivity contribution < 1.29 is 4.39 Å². The molecule has 2 atom stereocenters. The van der Waals surface area contributed by atoms with Gasteiger partial charge in [0.1, 0.15) is 5.82 Å². The Balaban J connectivity index is 1.93. The SMILES string of the molecule is CCC[C@@H]1CC2=C(SCCS2)[C@H]1c1ccc(F)cc1. The van der Waals surface area contributed by atoms with Crippen molar-refractivity contribution in [3.63, 3.8) is 0 Å². The molecule has 0 N–H and O–H groups in total. The van der Waals surface area contributed by atoms with Gasteiger partial charge in [0.05, 0.1) is 0 Å². The summed E-state index contributed by atoms with van der Waals surface area (Å²) in [6, 6.07) is 7.19. The predicted molar refractivity (Wildman–Crippen MR) is 84.1 cm³/mol. The summed E-state index contributed by atoms with van der Waals surface area (Å²) < 4.78 is 13.1. The molecule has 1 aromatic carbocycles. The molecule has 0 amide bonds. The second-order valence-electron chi connectivity index (χ2n) is 5.27. The number of thioether (sulfide) groups is 2. The second-order valence-corrected chi connectivity index (χ2v) is 7.59. The molecule has 1 heterocycles. The lowest BCUT2D eigenvalue weighted by atomic mass is 9.86. The van der Waals surface area contributed by atoms with Crippen LogP contribution in [0, 0.1) is 11.7 Å². The molecule has 1 aliphatic carbocycles. The topological polar surface area (TPSA) is 0 Å². The van der Waals surface area contributed by atoms with Crippen molar-refractivity contribution in [3.05, 3.63) is 45.5 Å². The maximum Gasteiger partial charge on any atom is 0.123 e. The summed E-state index contributed by atoms with van der Waals surface area (Å²) in [5.41, 5.74) is 1.31. The molecule has 102 valence electrons. The summed E-state index contributed by atoms with van der Waals surface area (Å²) in [7, 11) is 0. The van der Waals surface area contributed by atoms with Gasteiger partial charge in [-0.3, -0.25) is 0 Å². The molecular formula is C16H19FS2. The molecule has 0 saturated carbocycles. The van der Waals surface area contributed by atoms with E-state index in [0.29, 0.717) is 5.92 Å². The van der Waals surface area contributed by atoms with E-state index in [9.17, 15) is 4.39 Å². The maximum atomic E-state index is 13.1. The molecule has 3 rings (SSSR count). The van der Waals surface area contributed by atoms with Crippen LogP contribution in [0.3, 0.4) is 0 Å². The number of rotatable bonds is 3. The van der Waals surface area contributed by atoms with E-state index in [0.717, 1.165) is 5.92 Å². The van der Waals surface area contributed by atoms with Gasteiger partial charge < -0.3 is 0 Å². The minimum Gasteiger partial charge on any atom is -0.207 e. The van der Waals surface area contributed by atoms with Gasteiger partial charge in [-0.15, -0.1) is 23.5 Å². The minimum absolute atomic E-state index is 0.131. The standard InChI is InChI=1S/C16H19FS2/c1-2-3-12-10-14-16(19-9-8-18-14)15(12)11-4-6-13(17)7-5-11/h4-7,12,15H,2-3,8-10H2,1H3/t12-,15+/m1/s1. The minimum atomic E-state index is -0.131. The van der Waals surface area contributed by atoms with Crippen molar-refractivity contribution >= 4 is 23.5 Å². The van der Waals surface area contributed by atoms with Crippen molar-refractivity contribution in [1.29, 1.82) is 0 Å². The van der Waals surface area contributed by atoms with Gasteiger partial charge in [0, 0.05) is 22.3 Å². The molecule has 0 fully saturated rings. The number of hydrogen-bond donors (Lipinski definition) is 0. The lowest BCUT2D eigenvalue weighted by Crippen LogP contribution is -2.09. The van der Waals surface area contributed by atoms with Crippen LogP contribution in [-0.2, 0) is 0 Å². The lowest BCUT2D eigenvalue weighted by molar-refractivity contribution is 0.461. The zero-order valence-electron chi connectivity index (χ0n) is 11.2. The highest BCUT2D eigenvalue weighted by molar-refractivity contribution is 8.10. The molecule has 0 saturated heterocycles. The third kappa shape index (κ3) is 2.73. The summed E-state index contributed by atoms with van der Waals surface area (Å²) in [6.45, 7) is 2.26. The summed E-state index contributed by atoms with van der Waals surface area (Å²) in [6.07, 6.45) is 3.75. The van der Waals surface area contributed by atoms with Crippen LogP contribution in [0.2, 0.25) is 0 Å². The molecule has 0 unspecified atom stereocenters. The Labute approximate surface area is 123 Å². The van der Waals surface area contributed by atoms with Gasteiger partial charge in [0.15, 0.2) is 0 Å². The van der Waals surface area contributed by atoms with Crippen LogP contribution in [0.15, 0.2) is 34.1 Å². The number of allylic oxidation sites excluding steroid dienone is 2. The Morgan fingerprint density at radius 2 is 1.89 bits per heavy atom. The summed E-state index contributed by atoms with van der Waals surface area (Å²) in [4.78, 5) is 3.20. The van der Waals surface area contributed by atoms with Crippen molar-refractivity contribution in [1.82, 2.24) is 0 Å². The molecule has 3 heteroatoms. The Morgan fingerprint density at radius 3 is 2.63 bits per heavy atom. The first-order chi connectivity index (χ1) is 9.29. The van der Waals surface area contributed by atoms with E-state index in [4.69, 9.17) is 0 Å². The second kappa shape index (κ2) is 5.92. The molecule has 1 aliphatic heterocycles. The maximum absolute atomic E-state index is 13.1. The van der Waals surface area contributed by atoms with Crippen LogP contribution in [-0.4, -0.2) is 11.5 Å². The monoisotopic (exact) mass is 294 g/mol. The normalized spacial score (nSPS) is 26.6. The van der Waals surface area contributed by atoms with Gasteiger partial charge in [-0.2, -0.15) is 0 Å². The summed E-state index contributed by atoms with van der Waals surface area (Å²) in [5, 5.41) is 0.